The lowest BCUT2D eigenvalue weighted by molar-refractivity contribution is -0.163. The van der Waals surface area contributed by atoms with E-state index < -0.39 is 58.4 Å². The third kappa shape index (κ3) is 23.2. The van der Waals surface area contributed by atoms with Crippen LogP contribution in [-0.4, -0.2) is 162 Å². The van der Waals surface area contributed by atoms with E-state index in [4.69, 9.17) is 18.9 Å². The molecule has 1 unspecified atom stereocenters. The molecule has 15 heteroatoms. The number of hydrogen-bond acceptors (Lipinski definition) is 13. The van der Waals surface area contributed by atoms with Crippen molar-refractivity contribution in [3.8, 4) is 0 Å². The molecular weight excluding hydrogens is 662 g/mol. The maximum absolute atomic E-state index is 13.6. The van der Waals surface area contributed by atoms with Crippen molar-refractivity contribution in [3.63, 3.8) is 0 Å². The zero-order valence-corrected chi connectivity index (χ0v) is 33.4. The number of rotatable bonds is 12. The van der Waals surface area contributed by atoms with Crippen LogP contribution in [0.2, 0.25) is 0 Å². The molecule has 15 nitrogen and oxygen atoms in total. The Labute approximate surface area is 305 Å². The van der Waals surface area contributed by atoms with Gasteiger partial charge in [0.25, 0.3) is 0 Å². The van der Waals surface area contributed by atoms with Crippen LogP contribution in [0.25, 0.3) is 0 Å². The quantitative estimate of drug-likeness (QED) is 0.222. The van der Waals surface area contributed by atoms with E-state index in [1.165, 1.54) is 0 Å². The van der Waals surface area contributed by atoms with Crippen LogP contribution in [0, 0.1) is 0 Å². The summed E-state index contributed by atoms with van der Waals surface area (Å²) in [6.45, 7) is 25.6. The zero-order chi connectivity index (χ0) is 39.2. The van der Waals surface area contributed by atoms with Gasteiger partial charge in [-0.2, -0.15) is 0 Å². The molecule has 1 amide bonds. The summed E-state index contributed by atoms with van der Waals surface area (Å²) in [7, 11) is 0. The molecule has 0 saturated carbocycles. The molecule has 0 aromatic carbocycles. The number of carboxylic acid groups (broad SMARTS) is 1. The molecule has 0 radical (unpaired) electrons. The Hall–Kier alpha value is -3.01. The van der Waals surface area contributed by atoms with Crippen molar-refractivity contribution >= 4 is 30.0 Å². The molecule has 1 heterocycles. The molecule has 0 aromatic heterocycles. The van der Waals surface area contributed by atoms with E-state index >= 15 is 0 Å². The van der Waals surface area contributed by atoms with Crippen LogP contribution < -0.4 is 5.32 Å². The number of carbonyl (C=O) groups is 5. The normalized spacial score (nSPS) is 17.7. The van der Waals surface area contributed by atoms with Crippen molar-refractivity contribution in [1.29, 1.82) is 0 Å². The highest BCUT2D eigenvalue weighted by molar-refractivity contribution is 5.77. The predicted molar refractivity (Wildman–Crippen MR) is 193 cm³/mol. The number of hydrogen-bond donors (Lipinski definition) is 2. The lowest BCUT2D eigenvalue weighted by Gasteiger charge is -2.37. The maximum Gasteiger partial charge on any atom is 0.407 e. The van der Waals surface area contributed by atoms with E-state index in [9.17, 15) is 29.1 Å². The molecule has 0 aromatic rings. The van der Waals surface area contributed by atoms with Crippen molar-refractivity contribution in [2.75, 3.05) is 78.5 Å². The van der Waals surface area contributed by atoms with Crippen molar-refractivity contribution in [2.24, 2.45) is 0 Å². The number of esters is 3. The standard InChI is InChI=1S/C36H67N5O10/c1-33(2,3)48-29(44)25-39-19-17-38(16-15-37-32(47)51-36(10,11)12)18-20-40(26-30(45)49-34(4,5)6)22-24-41(23-21-39)27(13-14-28(42)43)31(46)50-35(7,8)9/h27H,13-26H2,1-12H3,(H,37,47)(H,42,43). The number of ether oxygens (including phenoxy) is 4. The Morgan fingerprint density at radius 2 is 0.980 bits per heavy atom. The highest BCUT2D eigenvalue weighted by atomic mass is 16.6. The van der Waals surface area contributed by atoms with Crippen molar-refractivity contribution < 1.29 is 48.0 Å². The minimum Gasteiger partial charge on any atom is -0.481 e. The molecule has 1 aliphatic heterocycles. The van der Waals surface area contributed by atoms with E-state index in [0.29, 0.717) is 65.4 Å². The van der Waals surface area contributed by atoms with E-state index in [0.717, 1.165) is 0 Å². The molecule has 0 bridgehead atoms. The van der Waals surface area contributed by atoms with Gasteiger partial charge in [0.15, 0.2) is 0 Å². The number of amides is 1. The van der Waals surface area contributed by atoms with Gasteiger partial charge in [-0.15, -0.1) is 0 Å². The van der Waals surface area contributed by atoms with Crippen molar-refractivity contribution in [3.05, 3.63) is 0 Å². The topological polar surface area (TPSA) is 167 Å². The van der Waals surface area contributed by atoms with Crippen LogP contribution in [0.1, 0.15) is 95.9 Å². The van der Waals surface area contributed by atoms with Gasteiger partial charge in [-0.05, 0) is 89.5 Å². The molecular formula is C36H67N5O10. The molecule has 1 fully saturated rings. The first-order chi connectivity index (χ1) is 23.2. The summed E-state index contributed by atoms with van der Waals surface area (Å²) in [5.74, 6) is -2.34. The van der Waals surface area contributed by atoms with Gasteiger partial charge >= 0.3 is 30.0 Å². The predicted octanol–water partition coefficient (Wildman–Crippen LogP) is 2.99. The summed E-state index contributed by atoms with van der Waals surface area (Å²) in [6, 6.07) is -0.870. The Kier molecular flexibility index (Phi) is 18.3. The van der Waals surface area contributed by atoms with Gasteiger partial charge in [-0.25, -0.2) is 4.79 Å². The SMILES string of the molecule is CC(C)(C)OC(=O)CN1CCN(CCNC(=O)OC(C)(C)C)CCN(CC(=O)OC(C)(C)C)CCN(C(CCC(=O)O)C(=O)OC(C)(C)C)CC1. The first-order valence-electron chi connectivity index (χ1n) is 18.0. The van der Waals surface area contributed by atoms with Gasteiger partial charge in [0.2, 0.25) is 0 Å². The van der Waals surface area contributed by atoms with E-state index in [2.05, 4.69) is 10.2 Å². The number of nitrogens with one attached hydrogen (secondary N) is 1. The summed E-state index contributed by atoms with van der Waals surface area (Å²) in [5, 5.41) is 12.3. The van der Waals surface area contributed by atoms with E-state index in [1.54, 1.807) is 83.1 Å². The number of carbonyl (C=O) groups excluding carboxylic acids is 4. The van der Waals surface area contributed by atoms with Crippen LogP contribution in [0.15, 0.2) is 0 Å². The van der Waals surface area contributed by atoms with E-state index in [1.807, 2.05) is 14.7 Å². The number of carboxylic acids is 1. The van der Waals surface area contributed by atoms with Gasteiger partial charge in [0, 0.05) is 71.9 Å². The maximum atomic E-state index is 13.6. The van der Waals surface area contributed by atoms with Crippen LogP contribution in [-0.2, 0) is 38.1 Å². The lowest BCUT2D eigenvalue weighted by atomic mass is 10.1. The molecule has 296 valence electrons. The first-order valence-corrected chi connectivity index (χ1v) is 18.0. The molecule has 51 heavy (non-hydrogen) atoms. The summed E-state index contributed by atoms with van der Waals surface area (Å²) in [5.41, 5.74) is -2.78. The highest BCUT2D eigenvalue weighted by Crippen LogP contribution is 2.17. The Morgan fingerprint density at radius 1 is 0.588 bits per heavy atom. The van der Waals surface area contributed by atoms with Crippen molar-refractivity contribution in [1.82, 2.24) is 24.9 Å². The fourth-order valence-corrected chi connectivity index (χ4v) is 5.23. The van der Waals surface area contributed by atoms with Crippen LogP contribution in [0.4, 0.5) is 4.79 Å². The first kappa shape index (κ1) is 46.0. The largest absolute Gasteiger partial charge is 0.481 e. The summed E-state index contributed by atoms with van der Waals surface area (Å²) < 4.78 is 22.4. The number of nitrogens with zero attached hydrogens (tertiary/aromatic N) is 4. The fourth-order valence-electron chi connectivity index (χ4n) is 5.23. The zero-order valence-electron chi connectivity index (χ0n) is 33.4. The molecule has 1 rings (SSSR count). The summed E-state index contributed by atoms with van der Waals surface area (Å²) in [4.78, 5) is 71.5. The summed E-state index contributed by atoms with van der Waals surface area (Å²) >= 11 is 0. The molecule has 0 aliphatic carbocycles. The van der Waals surface area contributed by atoms with Crippen molar-refractivity contribution in [2.45, 2.75) is 124 Å². The third-order valence-corrected chi connectivity index (χ3v) is 7.26. The van der Waals surface area contributed by atoms with Crippen LogP contribution >= 0.6 is 0 Å². The molecule has 0 spiro atoms. The van der Waals surface area contributed by atoms with Gasteiger partial charge in [0.1, 0.15) is 28.4 Å². The average molecular weight is 730 g/mol. The highest BCUT2D eigenvalue weighted by Gasteiger charge is 2.33. The second-order valence-electron chi connectivity index (χ2n) is 17.0. The van der Waals surface area contributed by atoms with Crippen LogP contribution in [0.5, 0.6) is 0 Å². The lowest BCUT2D eigenvalue weighted by Crippen LogP contribution is -2.53. The minimum absolute atomic E-state index is 0.00606. The van der Waals surface area contributed by atoms with Crippen LogP contribution in [0.3, 0.4) is 0 Å². The summed E-state index contributed by atoms with van der Waals surface area (Å²) in [6.07, 6.45) is -0.728. The third-order valence-electron chi connectivity index (χ3n) is 7.26. The Balaban J connectivity index is 3.44. The monoisotopic (exact) mass is 729 g/mol. The Bertz CT molecular complexity index is 1090. The fraction of sp³-hybridized carbons (Fsp3) is 0.861. The van der Waals surface area contributed by atoms with Gasteiger partial charge in [-0.1, -0.05) is 0 Å². The second-order valence-corrected chi connectivity index (χ2v) is 17.0. The Morgan fingerprint density at radius 3 is 1.37 bits per heavy atom. The van der Waals surface area contributed by atoms with Gasteiger partial charge in [0.05, 0.1) is 13.1 Å². The smallest absolute Gasteiger partial charge is 0.407 e. The molecule has 1 atom stereocenters. The van der Waals surface area contributed by atoms with Gasteiger partial charge < -0.3 is 29.4 Å². The molecule has 2 N–H and O–H groups in total. The number of aliphatic carboxylic acids is 1. The molecule has 1 saturated heterocycles. The second kappa shape index (κ2) is 20.3. The molecule has 1 aliphatic rings. The average Bonchev–Trinajstić information content (AvgIpc) is 2.89. The van der Waals surface area contributed by atoms with Gasteiger partial charge in [-0.3, -0.25) is 38.8 Å². The number of alkyl carbamates (subject to hydrolysis) is 1. The van der Waals surface area contributed by atoms with E-state index in [-0.39, 0.29) is 25.9 Å². The minimum atomic E-state index is -1.03.